The maximum atomic E-state index is 11.7. The van der Waals surface area contributed by atoms with E-state index in [0.29, 0.717) is 22.0 Å². The van der Waals surface area contributed by atoms with Crippen molar-refractivity contribution < 1.29 is 4.79 Å². The van der Waals surface area contributed by atoms with Gasteiger partial charge in [0.05, 0.1) is 10.7 Å². The normalized spacial score (nSPS) is 12.3. The molecule has 0 unspecified atom stereocenters. The standard InChI is InChI=1S/C13H15ClN2O.2C2H6/c1-7-5-10(14)12(8(2)15)11(6-7)16-13(17)9-3-4-9;2*1-2/h5-6,9,15H,3-4H2,1-2H3,(H,16,17);2*1-2H3. The van der Waals surface area contributed by atoms with Gasteiger partial charge in [-0.2, -0.15) is 0 Å². The number of nitrogens with one attached hydrogen (secondary N) is 2. The van der Waals surface area contributed by atoms with Gasteiger partial charge in [0.25, 0.3) is 0 Å². The van der Waals surface area contributed by atoms with E-state index in [4.69, 9.17) is 17.0 Å². The summed E-state index contributed by atoms with van der Waals surface area (Å²) in [5.41, 5.74) is 2.61. The second-order valence-electron chi connectivity index (χ2n) is 4.56. The van der Waals surface area contributed by atoms with Crippen LogP contribution in [0.4, 0.5) is 5.69 Å². The van der Waals surface area contributed by atoms with Gasteiger partial charge in [0.1, 0.15) is 0 Å². The van der Waals surface area contributed by atoms with Crippen molar-refractivity contribution in [2.45, 2.75) is 54.4 Å². The van der Waals surface area contributed by atoms with E-state index in [1.807, 2.05) is 46.8 Å². The summed E-state index contributed by atoms with van der Waals surface area (Å²) in [5, 5.41) is 11.1. The number of carbonyl (C=O) groups is 1. The van der Waals surface area contributed by atoms with Crippen LogP contribution < -0.4 is 5.32 Å². The Morgan fingerprint density at radius 1 is 1.24 bits per heavy atom. The van der Waals surface area contributed by atoms with Gasteiger partial charge in [-0.1, -0.05) is 39.3 Å². The van der Waals surface area contributed by atoms with Crippen LogP contribution in [0.5, 0.6) is 0 Å². The fourth-order valence-corrected chi connectivity index (χ4v) is 2.22. The molecule has 1 saturated carbocycles. The topological polar surface area (TPSA) is 53.0 Å². The molecule has 1 amide bonds. The van der Waals surface area contributed by atoms with E-state index in [1.165, 1.54) is 0 Å². The highest BCUT2D eigenvalue weighted by atomic mass is 35.5. The van der Waals surface area contributed by atoms with Crippen LogP contribution in [-0.4, -0.2) is 11.6 Å². The number of aryl methyl sites for hydroxylation is 1. The third-order valence-electron chi connectivity index (χ3n) is 2.82. The van der Waals surface area contributed by atoms with Crippen LogP contribution in [0.25, 0.3) is 0 Å². The molecular formula is C17H27ClN2O. The molecule has 4 heteroatoms. The zero-order chi connectivity index (χ0) is 16.6. The highest BCUT2D eigenvalue weighted by Gasteiger charge is 2.30. The lowest BCUT2D eigenvalue weighted by Crippen LogP contribution is -2.16. The van der Waals surface area contributed by atoms with Crippen molar-refractivity contribution in [3.05, 3.63) is 28.3 Å². The summed E-state index contributed by atoms with van der Waals surface area (Å²) in [6.45, 7) is 11.6. The molecule has 0 radical (unpaired) electrons. The Balaban J connectivity index is 0.000000921. The van der Waals surface area contributed by atoms with Gasteiger partial charge < -0.3 is 10.7 Å². The van der Waals surface area contributed by atoms with Gasteiger partial charge in [-0.05, 0) is 44.4 Å². The Bertz CT molecular complexity index is 494. The summed E-state index contributed by atoms with van der Waals surface area (Å²) in [4.78, 5) is 11.7. The first-order valence-electron chi connectivity index (χ1n) is 7.65. The second-order valence-corrected chi connectivity index (χ2v) is 4.97. The van der Waals surface area contributed by atoms with E-state index in [0.717, 1.165) is 18.4 Å². The molecule has 1 aromatic carbocycles. The molecule has 0 aromatic heterocycles. The van der Waals surface area contributed by atoms with Crippen LogP contribution in [0.15, 0.2) is 12.1 Å². The smallest absolute Gasteiger partial charge is 0.227 e. The number of halogens is 1. The highest BCUT2D eigenvalue weighted by molar-refractivity contribution is 6.35. The Hall–Kier alpha value is -1.35. The van der Waals surface area contributed by atoms with Crippen molar-refractivity contribution in [2.24, 2.45) is 5.92 Å². The summed E-state index contributed by atoms with van der Waals surface area (Å²) in [6.07, 6.45) is 1.93. The Labute approximate surface area is 133 Å². The van der Waals surface area contributed by atoms with Gasteiger partial charge >= 0.3 is 0 Å². The van der Waals surface area contributed by atoms with E-state index in [1.54, 1.807) is 6.92 Å². The number of benzene rings is 1. The summed E-state index contributed by atoms with van der Waals surface area (Å²) >= 11 is 6.12. The molecule has 0 saturated heterocycles. The first-order chi connectivity index (χ1) is 9.99. The van der Waals surface area contributed by atoms with Crippen LogP contribution in [0.2, 0.25) is 5.02 Å². The van der Waals surface area contributed by atoms with Crippen molar-refractivity contribution in [1.82, 2.24) is 0 Å². The third kappa shape index (κ3) is 5.88. The molecule has 1 aliphatic rings. The molecule has 1 aliphatic carbocycles. The lowest BCUT2D eigenvalue weighted by Gasteiger charge is -2.13. The largest absolute Gasteiger partial charge is 0.325 e. The molecule has 0 atom stereocenters. The van der Waals surface area contributed by atoms with Gasteiger partial charge in [0.2, 0.25) is 5.91 Å². The number of rotatable bonds is 3. The van der Waals surface area contributed by atoms with Crippen LogP contribution in [0, 0.1) is 18.3 Å². The zero-order valence-electron chi connectivity index (χ0n) is 13.9. The molecular weight excluding hydrogens is 284 g/mol. The van der Waals surface area contributed by atoms with Gasteiger partial charge in [-0.15, -0.1) is 0 Å². The van der Waals surface area contributed by atoms with Gasteiger partial charge in [-0.25, -0.2) is 0 Å². The van der Waals surface area contributed by atoms with Gasteiger partial charge in [-0.3, -0.25) is 4.79 Å². The average Bonchev–Trinajstić information content (AvgIpc) is 3.26. The number of anilines is 1. The van der Waals surface area contributed by atoms with E-state index in [-0.39, 0.29) is 11.8 Å². The van der Waals surface area contributed by atoms with Crippen LogP contribution in [-0.2, 0) is 4.79 Å². The molecule has 118 valence electrons. The molecule has 0 heterocycles. The van der Waals surface area contributed by atoms with E-state index < -0.39 is 0 Å². The maximum absolute atomic E-state index is 11.7. The summed E-state index contributed by atoms with van der Waals surface area (Å²) in [6, 6.07) is 3.67. The third-order valence-corrected chi connectivity index (χ3v) is 3.11. The van der Waals surface area contributed by atoms with Crippen LogP contribution in [0.3, 0.4) is 0 Å². The number of hydrogen-bond acceptors (Lipinski definition) is 2. The van der Waals surface area contributed by atoms with Crippen molar-refractivity contribution in [2.75, 3.05) is 5.32 Å². The molecule has 3 nitrogen and oxygen atoms in total. The Morgan fingerprint density at radius 2 is 1.76 bits per heavy atom. The molecule has 21 heavy (non-hydrogen) atoms. The lowest BCUT2D eigenvalue weighted by atomic mass is 10.1. The minimum absolute atomic E-state index is 0.0363. The SMILES string of the molecule is CC.CC.CC(=N)c1c(Cl)cc(C)cc1NC(=O)C1CC1. The van der Waals surface area contributed by atoms with Crippen molar-refractivity contribution in [3.8, 4) is 0 Å². The molecule has 1 fully saturated rings. The van der Waals surface area contributed by atoms with Crippen molar-refractivity contribution in [1.29, 1.82) is 5.41 Å². The van der Waals surface area contributed by atoms with Crippen LogP contribution in [0.1, 0.15) is 58.6 Å². The Kier molecular flexibility index (Phi) is 8.95. The summed E-state index contributed by atoms with van der Waals surface area (Å²) in [7, 11) is 0. The molecule has 0 aliphatic heterocycles. The summed E-state index contributed by atoms with van der Waals surface area (Å²) in [5.74, 6) is 0.183. The first-order valence-corrected chi connectivity index (χ1v) is 8.03. The van der Waals surface area contributed by atoms with E-state index >= 15 is 0 Å². The second kappa shape index (κ2) is 9.56. The molecule has 2 N–H and O–H groups in total. The maximum Gasteiger partial charge on any atom is 0.227 e. The fourth-order valence-electron chi connectivity index (χ4n) is 1.80. The number of amides is 1. The molecule has 0 bridgehead atoms. The zero-order valence-corrected chi connectivity index (χ0v) is 14.7. The highest BCUT2D eigenvalue weighted by Crippen LogP contribution is 2.32. The molecule has 2 rings (SSSR count). The quantitative estimate of drug-likeness (QED) is 0.718. The van der Waals surface area contributed by atoms with E-state index in [2.05, 4.69) is 5.32 Å². The predicted octanol–water partition coefficient (Wildman–Crippen LogP) is 5.44. The minimum atomic E-state index is 0.0363. The van der Waals surface area contributed by atoms with E-state index in [9.17, 15) is 4.79 Å². The van der Waals surface area contributed by atoms with Crippen molar-refractivity contribution in [3.63, 3.8) is 0 Å². The average molecular weight is 311 g/mol. The molecule has 0 spiro atoms. The monoisotopic (exact) mass is 310 g/mol. The number of hydrogen-bond donors (Lipinski definition) is 2. The summed E-state index contributed by atoms with van der Waals surface area (Å²) < 4.78 is 0. The lowest BCUT2D eigenvalue weighted by molar-refractivity contribution is -0.117. The van der Waals surface area contributed by atoms with Crippen molar-refractivity contribution >= 4 is 28.9 Å². The first kappa shape index (κ1) is 19.7. The predicted molar refractivity (Wildman–Crippen MR) is 92.7 cm³/mol. The van der Waals surface area contributed by atoms with Gasteiger partial charge in [0, 0.05) is 17.2 Å². The van der Waals surface area contributed by atoms with Gasteiger partial charge in [0.15, 0.2) is 0 Å². The minimum Gasteiger partial charge on any atom is -0.325 e. The van der Waals surface area contributed by atoms with Crippen LogP contribution >= 0.6 is 11.6 Å². The number of carbonyl (C=O) groups excluding carboxylic acids is 1. The Morgan fingerprint density at radius 3 is 2.19 bits per heavy atom. The molecule has 1 aromatic rings. The fraction of sp³-hybridized carbons (Fsp3) is 0.529.